The number of hydrogen-bond acceptors (Lipinski definition) is 3. The molecule has 0 spiro atoms. The second-order valence-electron chi connectivity index (χ2n) is 7.54. The summed E-state index contributed by atoms with van der Waals surface area (Å²) < 4.78 is 0.750. The van der Waals surface area contributed by atoms with Crippen LogP contribution in [0.3, 0.4) is 0 Å². The van der Waals surface area contributed by atoms with Gasteiger partial charge < -0.3 is 10.2 Å². The van der Waals surface area contributed by atoms with Gasteiger partial charge in [0.2, 0.25) is 11.8 Å². The third-order valence-corrected chi connectivity index (χ3v) is 6.17. The Balaban J connectivity index is 1.86. The lowest BCUT2D eigenvalue weighted by Gasteiger charge is -2.31. The van der Waals surface area contributed by atoms with Crippen LogP contribution in [0.2, 0.25) is 0 Å². The van der Waals surface area contributed by atoms with Gasteiger partial charge in [-0.3, -0.25) is 14.4 Å². The number of anilines is 1. The molecule has 2 unspecified atom stereocenters. The number of ketones is 1. The van der Waals surface area contributed by atoms with Gasteiger partial charge >= 0.3 is 0 Å². The summed E-state index contributed by atoms with van der Waals surface area (Å²) in [6, 6.07) is 14.2. The highest BCUT2D eigenvalue weighted by atomic mass is 79.9. The van der Waals surface area contributed by atoms with Gasteiger partial charge in [-0.05, 0) is 44.9 Å². The van der Waals surface area contributed by atoms with Crippen LogP contribution in [0.25, 0.3) is 0 Å². The summed E-state index contributed by atoms with van der Waals surface area (Å²) in [5.74, 6) is -1.27. The molecule has 3 rings (SSSR count). The van der Waals surface area contributed by atoms with E-state index in [-0.39, 0.29) is 17.6 Å². The third kappa shape index (κ3) is 5.31. The first kappa shape index (κ1) is 22.9. The van der Waals surface area contributed by atoms with Crippen molar-refractivity contribution in [2.24, 2.45) is 11.8 Å². The summed E-state index contributed by atoms with van der Waals surface area (Å²) in [5.41, 5.74) is 1.41. The molecular weight excluding hydrogens is 456 g/mol. The van der Waals surface area contributed by atoms with Gasteiger partial charge in [0, 0.05) is 28.7 Å². The van der Waals surface area contributed by atoms with Crippen LogP contribution in [0.1, 0.15) is 42.6 Å². The van der Waals surface area contributed by atoms with Crippen LogP contribution in [0.4, 0.5) is 5.69 Å². The number of nitrogens with one attached hydrogen (secondary N) is 1. The van der Waals surface area contributed by atoms with Crippen molar-refractivity contribution in [3.63, 3.8) is 0 Å². The van der Waals surface area contributed by atoms with Gasteiger partial charge in [-0.25, -0.2) is 0 Å². The molecule has 162 valence electrons. The van der Waals surface area contributed by atoms with Gasteiger partial charge in [0.15, 0.2) is 5.78 Å². The minimum Gasteiger partial charge on any atom is -0.343 e. The Labute approximate surface area is 191 Å². The maximum Gasteiger partial charge on any atom is 0.228 e. The summed E-state index contributed by atoms with van der Waals surface area (Å²) >= 11 is 3.42. The molecule has 0 bridgehead atoms. The molecule has 0 aromatic heterocycles. The fourth-order valence-electron chi connectivity index (χ4n) is 3.93. The van der Waals surface area contributed by atoms with E-state index in [1.54, 1.807) is 47.4 Å². The molecule has 5 nitrogen and oxygen atoms in total. The van der Waals surface area contributed by atoms with Crippen LogP contribution in [-0.4, -0.2) is 35.6 Å². The maximum absolute atomic E-state index is 13.2. The molecule has 0 saturated heterocycles. The Morgan fingerprint density at radius 2 is 1.61 bits per heavy atom. The van der Waals surface area contributed by atoms with Gasteiger partial charge in [0.1, 0.15) is 0 Å². The number of carbonyl (C=O) groups excluding carboxylic acids is 3. The molecule has 1 aliphatic carbocycles. The van der Waals surface area contributed by atoms with Crippen molar-refractivity contribution in [2.75, 3.05) is 18.4 Å². The Hall–Kier alpha value is -2.73. The van der Waals surface area contributed by atoms with Gasteiger partial charge in [-0.15, -0.1) is 0 Å². The van der Waals surface area contributed by atoms with Gasteiger partial charge in [-0.2, -0.15) is 0 Å². The van der Waals surface area contributed by atoms with Crippen molar-refractivity contribution in [3.8, 4) is 0 Å². The normalized spacial score (nSPS) is 17.8. The molecule has 0 radical (unpaired) electrons. The highest BCUT2D eigenvalue weighted by molar-refractivity contribution is 9.10. The second kappa shape index (κ2) is 10.5. The molecule has 2 atom stereocenters. The zero-order chi connectivity index (χ0) is 22.4. The number of halogens is 1. The number of amides is 2. The maximum atomic E-state index is 13.2. The molecule has 0 aliphatic heterocycles. The molecule has 0 heterocycles. The van der Waals surface area contributed by atoms with Crippen molar-refractivity contribution in [1.29, 1.82) is 0 Å². The zero-order valence-corrected chi connectivity index (χ0v) is 19.4. The van der Waals surface area contributed by atoms with E-state index in [0.29, 0.717) is 42.7 Å². The Bertz CT molecular complexity index is 984. The lowest BCUT2D eigenvalue weighted by molar-refractivity contribution is -0.140. The number of hydrogen-bond donors (Lipinski definition) is 1. The summed E-state index contributed by atoms with van der Waals surface area (Å²) in [5, 5.41) is 2.93. The van der Waals surface area contributed by atoms with E-state index in [1.807, 2.05) is 32.1 Å². The van der Waals surface area contributed by atoms with Crippen molar-refractivity contribution >= 4 is 39.2 Å². The van der Waals surface area contributed by atoms with Gasteiger partial charge in [0.05, 0.1) is 17.5 Å². The molecule has 31 heavy (non-hydrogen) atoms. The Morgan fingerprint density at radius 1 is 0.968 bits per heavy atom. The molecular formula is C25H27BrN2O3. The predicted molar refractivity (Wildman–Crippen MR) is 126 cm³/mol. The topological polar surface area (TPSA) is 66.5 Å². The highest BCUT2D eigenvalue weighted by Gasteiger charge is 2.36. The van der Waals surface area contributed by atoms with Crippen LogP contribution in [0.15, 0.2) is 65.2 Å². The van der Waals surface area contributed by atoms with Crippen molar-refractivity contribution < 1.29 is 14.4 Å². The zero-order valence-electron chi connectivity index (χ0n) is 17.8. The van der Waals surface area contributed by atoms with E-state index < -0.39 is 11.8 Å². The van der Waals surface area contributed by atoms with E-state index in [1.165, 1.54) is 0 Å². The fraction of sp³-hybridized carbons (Fsp3) is 0.320. The summed E-state index contributed by atoms with van der Waals surface area (Å²) in [6.45, 7) is 5.12. The quantitative estimate of drug-likeness (QED) is 0.442. The molecule has 2 aromatic rings. The van der Waals surface area contributed by atoms with E-state index in [0.717, 1.165) is 4.47 Å². The smallest absolute Gasteiger partial charge is 0.228 e. The highest BCUT2D eigenvalue weighted by Crippen LogP contribution is 2.30. The largest absolute Gasteiger partial charge is 0.343 e. The third-order valence-electron chi connectivity index (χ3n) is 5.68. The minimum absolute atomic E-state index is 0.00546. The molecule has 2 amide bonds. The molecule has 1 N–H and O–H groups in total. The summed E-state index contributed by atoms with van der Waals surface area (Å²) in [4.78, 5) is 41.1. The van der Waals surface area contributed by atoms with Crippen LogP contribution in [0.5, 0.6) is 0 Å². The number of benzene rings is 2. The monoisotopic (exact) mass is 482 g/mol. The average molecular weight is 483 g/mol. The summed E-state index contributed by atoms with van der Waals surface area (Å²) in [7, 11) is 0. The summed E-state index contributed by atoms with van der Waals surface area (Å²) in [6.07, 6.45) is 4.97. The Kier molecular flexibility index (Phi) is 7.80. The average Bonchev–Trinajstić information content (AvgIpc) is 2.81. The van der Waals surface area contributed by atoms with E-state index in [2.05, 4.69) is 21.2 Å². The van der Waals surface area contributed by atoms with Gasteiger partial charge in [-0.1, -0.05) is 58.4 Å². The second-order valence-corrected chi connectivity index (χ2v) is 8.46. The first-order valence-electron chi connectivity index (χ1n) is 10.6. The van der Waals surface area contributed by atoms with Gasteiger partial charge in [0.25, 0.3) is 0 Å². The van der Waals surface area contributed by atoms with Crippen molar-refractivity contribution in [2.45, 2.75) is 26.7 Å². The number of nitrogens with zero attached hydrogens (tertiary/aromatic N) is 1. The molecule has 0 fully saturated rings. The Morgan fingerprint density at radius 3 is 2.26 bits per heavy atom. The lowest BCUT2D eigenvalue weighted by Crippen LogP contribution is -2.43. The molecule has 6 heteroatoms. The number of rotatable bonds is 7. The van der Waals surface area contributed by atoms with Crippen molar-refractivity contribution in [3.05, 3.63) is 76.3 Å². The van der Waals surface area contributed by atoms with E-state index in [4.69, 9.17) is 0 Å². The van der Waals surface area contributed by atoms with E-state index in [9.17, 15) is 14.4 Å². The standard InChI is InChI=1S/C25H27BrN2O3/c1-3-28(4-2)25(31)20-13-9-8-12-19(20)24(30)27-22-15-14-18(26)16-21(22)23(29)17-10-6-5-7-11-17/h5-11,14-16,19-20H,3-4,12-13H2,1-2H3,(H,27,30). The lowest BCUT2D eigenvalue weighted by atomic mass is 9.81. The molecule has 1 aliphatic rings. The molecule has 2 aromatic carbocycles. The van der Waals surface area contributed by atoms with E-state index >= 15 is 0 Å². The number of allylic oxidation sites excluding steroid dienone is 2. The predicted octanol–water partition coefficient (Wildman–Crippen LogP) is 5.07. The van der Waals surface area contributed by atoms with Crippen LogP contribution < -0.4 is 5.32 Å². The van der Waals surface area contributed by atoms with Crippen LogP contribution in [-0.2, 0) is 9.59 Å². The van der Waals surface area contributed by atoms with Crippen molar-refractivity contribution in [1.82, 2.24) is 4.90 Å². The first-order chi connectivity index (χ1) is 15.0. The first-order valence-corrected chi connectivity index (χ1v) is 11.4. The van der Waals surface area contributed by atoms with Crippen LogP contribution in [0, 0.1) is 11.8 Å². The molecule has 0 saturated carbocycles. The van der Waals surface area contributed by atoms with Crippen LogP contribution >= 0.6 is 15.9 Å². The minimum atomic E-state index is -0.471. The SMILES string of the molecule is CCN(CC)C(=O)C1CC=CCC1C(=O)Nc1ccc(Br)cc1C(=O)c1ccccc1. The fourth-order valence-corrected chi connectivity index (χ4v) is 4.29. The number of carbonyl (C=O) groups is 3.